The zero-order valence-corrected chi connectivity index (χ0v) is 22.4. The van der Waals surface area contributed by atoms with E-state index in [9.17, 15) is 4.79 Å². The van der Waals surface area contributed by atoms with Gasteiger partial charge in [-0.25, -0.2) is 4.79 Å². The number of methoxy groups -OCH3 is 1. The van der Waals surface area contributed by atoms with Gasteiger partial charge >= 0.3 is 6.09 Å². The van der Waals surface area contributed by atoms with Crippen LogP contribution in [-0.4, -0.2) is 29.9 Å². The van der Waals surface area contributed by atoms with Crippen molar-refractivity contribution in [3.63, 3.8) is 0 Å². The van der Waals surface area contributed by atoms with Crippen molar-refractivity contribution in [3.8, 4) is 11.5 Å². The summed E-state index contributed by atoms with van der Waals surface area (Å²) in [5, 5.41) is 4.59. The van der Waals surface area contributed by atoms with Crippen molar-refractivity contribution >= 4 is 23.1 Å². The van der Waals surface area contributed by atoms with E-state index in [2.05, 4.69) is 41.7 Å². The molecule has 0 amide bonds. The molecule has 1 aromatic heterocycles. The summed E-state index contributed by atoms with van der Waals surface area (Å²) >= 11 is 0. The average Bonchev–Trinajstić information content (AvgIpc) is 3.35. The summed E-state index contributed by atoms with van der Waals surface area (Å²) in [7, 11) is 1.67. The van der Waals surface area contributed by atoms with Crippen LogP contribution >= 0.6 is 0 Å². The Morgan fingerprint density at radius 1 is 1.05 bits per heavy atom. The van der Waals surface area contributed by atoms with Gasteiger partial charge in [0.15, 0.2) is 11.5 Å². The second-order valence-corrected chi connectivity index (χ2v) is 10.5. The Labute approximate surface area is 223 Å². The van der Waals surface area contributed by atoms with Crippen molar-refractivity contribution in [1.29, 1.82) is 0 Å². The number of hydrogen-bond donors (Lipinski definition) is 1. The van der Waals surface area contributed by atoms with Gasteiger partial charge in [-0.3, -0.25) is 4.57 Å². The summed E-state index contributed by atoms with van der Waals surface area (Å²) in [4.78, 5) is 12.9. The van der Waals surface area contributed by atoms with E-state index in [0.717, 1.165) is 46.3 Å². The monoisotopic (exact) mass is 510 g/mol. The van der Waals surface area contributed by atoms with Gasteiger partial charge in [0.25, 0.3) is 0 Å². The zero-order chi connectivity index (χ0) is 26.7. The van der Waals surface area contributed by atoms with Gasteiger partial charge in [-0.05, 0) is 67.6 Å². The van der Waals surface area contributed by atoms with E-state index in [1.165, 1.54) is 5.56 Å². The van der Waals surface area contributed by atoms with E-state index in [1.54, 1.807) is 17.9 Å². The molecule has 4 aromatic rings. The summed E-state index contributed by atoms with van der Waals surface area (Å²) in [6.45, 7) is 6.95. The van der Waals surface area contributed by atoms with E-state index >= 15 is 0 Å². The molecule has 6 heteroatoms. The Kier molecular flexibility index (Phi) is 7.25. The third-order valence-electron chi connectivity index (χ3n) is 6.56. The Hall–Kier alpha value is -4.03. The van der Waals surface area contributed by atoms with E-state index in [1.807, 2.05) is 63.2 Å². The number of rotatable bonds is 6. The second-order valence-electron chi connectivity index (χ2n) is 10.5. The molecule has 1 N–H and O–H groups in total. The number of aromatic nitrogens is 1. The number of fused-ring (bicyclic) bond motifs is 2. The molecule has 0 radical (unpaired) electrons. The maximum atomic E-state index is 12.9. The van der Waals surface area contributed by atoms with Crippen LogP contribution in [0.1, 0.15) is 49.1 Å². The molecule has 6 nitrogen and oxygen atoms in total. The molecule has 5 rings (SSSR count). The average molecular weight is 511 g/mol. The molecule has 196 valence electrons. The molecule has 0 spiro atoms. The number of carbonyl (C=O) groups excluding carboxylic acids is 1. The normalized spacial score (nSPS) is 15.4. The molecule has 1 atom stereocenters. The fraction of sp³-hybridized carbons (Fsp3) is 0.281. The van der Waals surface area contributed by atoms with Crippen molar-refractivity contribution in [2.24, 2.45) is 0 Å². The summed E-state index contributed by atoms with van der Waals surface area (Å²) in [5.41, 5.74) is 4.71. The minimum atomic E-state index is -0.573. The van der Waals surface area contributed by atoms with Gasteiger partial charge in [0, 0.05) is 18.1 Å². The first-order chi connectivity index (χ1) is 18.3. The van der Waals surface area contributed by atoms with Crippen molar-refractivity contribution in [2.45, 2.75) is 45.4 Å². The number of nitrogens with one attached hydrogen (secondary N) is 1. The number of benzene rings is 3. The van der Waals surface area contributed by atoms with Crippen LogP contribution in [0.2, 0.25) is 0 Å². The predicted molar refractivity (Wildman–Crippen MR) is 151 cm³/mol. The largest absolute Gasteiger partial charge is 0.493 e. The summed E-state index contributed by atoms with van der Waals surface area (Å²) < 4.78 is 19.1. The van der Waals surface area contributed by atoms with Crippen LogP contribution in [0.4, 0.5) is 4.79 Å². The highest BCUT2D eigenvalue weighted by molar-refractivity contribution is 5.95. The minimum absolute atomic E-state index is 0.00369. The maximum Gasteiger partial charge on any atom is 0.419 e. The Morgan fingerprint density at radius 2 is 1.87 bits per heavy atom. The fourth-order valence-corrected chi connectivity index (χ4v) is 4.80. The molecule has 3 aromatic carbocycles. The van der Waals surface area contributed by atoms with Gasteiger partial charge in [0.2, 0.25) is 0 Å². The lowest BCUT2D eigenvalue weighted by Crippen LogP contribution is -2.28. The molecule has 0 saturated heterocycles. The van der Waals surface area contributed by atoms with Gasteiger partial charge in [0.05, 0.1) is 18.7 Å². The van der Waals surface area contributed by atoms with E-state index in [0.29, 0.717) is 12.4 Å². The van der Waals surface area contributed by atoms with Crippen molar-refractivity contribution in [3.05, 3.63) is 101 Å². The SMILES string of the molecule is COc1cc2c(cc1OCc1ccccc1)CCNC2/C=C/c1cccc2ccn(C(=O)OC(C)(C)C)c12. The lowest BCUT2D eigenvalue weighted by molar-refractivity contribution is 0.0544. The van der Waals surface area contributed by atoms with Crippen LogP contribution in [0, 0.1) is 0 Å². The Morgan fingerprint density at radius 3 is 2.63 bits per heavy atom. The standard InChI is InChI=1S/C32H34N2O4/c1-32(2,3)38-31(35)34-18-16-24-12-8-11-23(30(24)34)13-14-27-26-20-28(36-4)29(19-25(26)15-17-33-27)37-21-22-9-6-5-7-10-22/h5-14,16,18-20,27,33H,15,17,21H2,1-4H3/b14-13+. The molecule has 38 heavy (non-hydrogen) atoms. The third kappa shape index (κ3) is 5.60. The van der Waals surface area contributed by atoms with E-state index < -0.39 is 5.60 Å². The van der Waals surface area contributed by atoms with Crippen molar-refractivity contribution in [1.82, 2.24) is 9.88 Å². The molecule has 1 aliphatic heterocycles. The summed E-state index contributed by atoms with van der Waals surface area (Å²) in [5.74, 6) is 1.46. The molecule has 2 heterocycles. The first-order valence-corrected chi connectivity index (χ1v) is 12.9. The predicted octanol–water partition coefficient (Wildman–Crippen LogP) is 6.91. The highest BCUT2D eigenvalue weighted by Crippen LogP contribution is 2.36. The van der Waals surface area contributed by atoms with Crippen LogP contribution in [0.25, 0.3) is 17.0 Å². The maximum absolute atomic E-state index is 12.9. The van der Waals surface area contributed by atoms with Crippen LogP contribution in [-0.2, 0) is 17.8 Å². The zero-order valence-electron chi connectivity index (χ0n) is 22.4. The van der Waals surface area contributed by atoms with Crippen molar-refractivity contribution in [2.75, 3.05) is 13.7 Å². The topological polar surface area (TPSA) is 61.7 Å². The molecule has 0 bridgehead atoms. The third-order valence-corrected chi connectivity index (χ3v) is 6.56. The quantitative estimate of drug-likeness (QED) is 0.305. The van der Waals surface area contributed by atoms with Gasteiger partial charge in [-0.15, -0.1) is 0 Å². The Bertz CT molecular complexity index is 1460. The van der Waals surface area contributed by atoms with Crippen LogP contribution in [0.3, 0.4) is 0 Å². The minimum Gasteiger partial charge on any atom is -0.493 e. The molecule has 0 saturated carbocycles. The first-order valence-electron chi connectivity index (χ1n) is 12.9. The lowest BCUT2D eigenvalue weighted by Gasteiger charge is -2.26. The number of nitrogens with zero attached hydrogens (tertiary/aromatic N) is 1. The van der Waals surface area contributed by atoms with Crippen LogP contribution < -0.4 is 14.8 Å². The highest BCUT2D eigenvalue weighted by Gasteiger charge is 2.22. The Balaban J connectivity index is 1.42. The number of ether oxygens (including phenoxy) is 3. The molecular formula is C32H34N2O4. The van der Waals surface area contributed by atoms with Gasteiger partial charge in [-0.2, -0.15) is 0 Å². The number of hydrogen-bond acceptors (Lipinski definition) is 5. The molecule has 1 unspecified atom stereocenters. The van der Waals surface area contributed by atoms with Gasteiger partial charge in [-0.1, -0.05) is 60.7 Å². The summed E-state index contributed by atoms with van der Waals surface area (Å²) in [6, 6.07) is 22.3. The summed E-state index contributed by atoms with van der Waals surface area (Å²) in [6.07, 6.45) is 6.50. The second kappa shape index (κ2) is 10.8. The molecule has 0 fully saturated rings. The lowest BCUT2D eigenvalue weighted by atomic mass is 9.93. The molecule has 0 aliphatic carbocycles. The fourth-order valence-electron chi connectivity index (χ4n) is 4.80. The van der Waals surface area contributed by atoms with Crippen molar-refractivity contribution < 1.29 is 19.0 Å². The van der Waals surface area contributed by atoms with Crippen LogP contribution in [0.15, 0.2) is 79.0 Å². The van der Waals surface area contributed by atoms with Gasteiger partial charge in [0.1, 0.15) is 12.2 Å². The number of para-hydroxylation sites is 1. The first kappa shape index (κ1) is 25.6. The van der Waals surface area contributed by atoms with E-state index in [4.69, 9.17) is 14.2 Å². The highest BCUT2D eigenvalue weighted by atomic mass is 16.6. The van der Waals surface area contributed by atoms with Crippen LogP contribution in [0.5, 0.6) is 11.5 Å². The molecule has 1 aliphatic rings. The van der Waals surface area contributed by atoms with Gasteiger partial charge < -0.3 is 19.5 Å². The smallest absolute Gasteiger partial charge is 0.419 e. The molecular weight excluding hydrogens is 476 g/mol. The number of carbonyl (C=O) groups is 1. The van der Waals surface area contributed by atoms with E-state index in [-0.39, 0.29) is 12.1 Å².